The van der Waals surface area contributed by atoms with Crippen LogP contribution in [0, 0.1) is 5.92 Å². The van der Waals surface area contributed by atoms with Gasteiger partial charge in [0, 0.05) is 6.04 Å². The molecule has 1 aromatic rings. The van der Waals surface area contributed by atoms with E-state index >= 15 is 0 Å². The van der Waals surface area contributed by atoms with Crippen LogP contribution in [0.1, 0.15) is 45.5 Å². The van der Waals surface area contributed by atoms with E-state index in [-0.39, 0.29) is 23.9 Å². The monoisotopic (exact) mass is 372 g/mol. The Bertz CT molecular complexity index is 560. The number of nitrogens with one attached hydrogen (secondary N) is 2. The Labute approximate surface area is 137 Å². The van der Waals surface area contributed by atoms with E-state index in [0.717, 1.165) is 23.3 Å². The third-order valence-electron chi connectivity index (χ3n) is 4.01. The van der Waals surface area contributed by atoms with Gasteiger partial charge in [-0.25, -0.2) is 9.78 Å². The van der Waals surface area contributed by atoms with Crippen molar-refractivity contribution in [3.8, 4) is 0 Å². The molecule has 7 nitrogen and oxygen atoms in total. The summed E-state index contributed by atoms with van der Waals surface area (Å²) in [6.45, 7) is 5.64. The van der Waals surface area contributed by atoms with Crippen LogP contribution in [0.2, 0.25) is 0 Å². The molecular formula is C14H21BrN4O3. The van der Waals surface area contributed by atoms with E-state index in [1.165, 1.54) is 0 Å². The molecule has 3 N–H and O–H groups in total. The number of rotatable bonds is 4. The van der Waals surface area contributed by atoms with Gasteiger partial charge in [0.1, 0.15) is 16.5 Å². The van der Waals surface area contributed by atoms with Crippen molar-refractivity contribution in [1.29, 1.82) is 0 Å². The molecule has 2 heterocycles. The second kappa shape index (κ2) is 6.68. The lowest BCUT2D eigenvalue weighted by molar-refractivity contribution is -0.137. The van der Waals surface area contributed by atoms with Crippen LogP contribution in [-0.2, 0) is 4.79 Å². The van der Waals surface area contributed by atoms with Crippen LogP contribution in [0.15, 0.2) is 10.8 Å². The molecule has 0 saturated carbocycles. The minimum atomic E-state index is -1.18. The van der Waals surface area contributed by atoms with Crippen LogP contribution in [0.25, 0.3) is 0 Å². The van der Waals surface area contributed by atoms with E-state index in [1.54, 1.807) is 11.1 Å². The average molecular weight is 373 g/mol. The quantitative estimate of drug-likeness (QED) is 0.755. The summed E-state index contributed by atoms with van der Waals surface area (Å²) in [4.78, 5) is 33.0. The number of halogens is 1. The zero-order valence-electron chi connectivity index (χ0n) is 12.8. The van der Waals surface area contributed by atoms with Crippen LogP contribution >= 0.6 is 15.9 Å². The summed E-state index contributed by atoms with van der Waals surface area (Å²) < 4.78 is 0.763. The third kappa shape index (κ3) is 3.43. The van der Waals surface area contributed by atoms with Gasteiger partial charge in [-0.05, 0) is 41.6 Å². The molecule has 122 valence electrons. The second-order valence-electron chi connectivity index (χ2n) is 5.98. The first-order chi connectivity index (χ1) is 10.3. The molecule has 2 rings (SSSR count). The molecule has 0 radical (unpaired) electrons. The predicted octanol–water partition coefficient (Wildman–Crippen LogP) is 2.52. The fraction of sp³-hybridized carbons (Fsp3) is 0.643. The maximum absolute atomic E-state index is 12.9. The van der Waals surface area contributed by atoms with E-state index in [0.29, 0.717) is 0 Å². The minimum Gasteiger partial charge on any atom is -0.465 e. The van der Waals surface area contributed by atoms with Crippen LogP contribution in [0.4, 0.5) is 4.79 Å². The molecule has 3 atom stereocenters. The van der Waals surface area contributed by atoms with E-state index in [4.69, 9.17) is 5.11 Å². The first-order valence-corrected chi connectivity index (χ1v) is 8.12. The molecule has 1 aliphatic heterocycles. The predicted molar refractivity (Wildman–Crippen MR) is 84.4 cm³/mol. The number of nitrogens with zero attached hydrogens (tertiary/aromatic N) is 2. The van der Waals surface area contributed by atoms with Crippen molar-refractivity contribution in [2.24, 2.45) is 5.92 Å². The summed E-state index contributed by atoms with van der Waals surface area (Å²) >= 11 is 3.32. The fourth-order valence-corrected chi connectivity index (χ4v) is 3.22. The number of H-pyrrole nitrogens is 1. The summed E-state index contributed by atoms with van der Waals surface area (Å²) in [5.74, 6) is 0.405. The molecule has 0 aromatic carbocycles. The van der Waals surface area contributed by atoms with E-state index < -0.39 is 12.1 Å². The van der Waals surface area contributed by atoms with Crippen molar-refractivity contribution in [2.75, 3.05) is 0 Å². The number of carbonyl (C=O) groups excluding carboxylic acids is 1. The van der Waals surface area contributed by atoms with Crippen LogP contribution in [0.3, 0.4) is 0 Å². The number of aromatic amines is 1. The van der Waals surface area contributed by atoms with Crippen LogP contribution < -0.4 is 5.32 Å². The first kappa shape index (κ1) is 16.8. The Hall–Kier alpha value is -1.57. The zero-order chi connectivity index (χ0) is 16.4. The number of likely N-dealkylation sites (tertiary alicyclic amines) is 1. The molecule has 22 heavy (non-hydrogen) atoms. The first-order valence-electron chi connectivity index (χ1n) is 7.33. The van der Waals surface area contributed by atoms with E-state index in [2.05, 4.69) is 31.2 Å². The summed E-state index contributed by atoms with van der Waals surface area (Å²) in [5.41, 5.74) is 0. The highest BCUT2D eigenvalue weighted by Gasteiger charge is 2.40. The van der Waals surface area contributed by atoms with Crippen LogP contribution in [0.5, 0.6) is 0 Å². The number of hydrogen-bond acceptors (Lipinski definition) is 3. The van der Waals surface area contributed by atoms with Crippen molar-refractivity contribution in [2.45, 2.75) is 51.7 Å². The summed E-state index contributed by atoms with van der Waals surface area (Å²) in [6, 6.07) is -0.845. The van der Waals surface area contributed by atoms with Crippen molar-refractivity contribution >= 4 is 27.9 Å². The molecule has 1 aromatic heterocycles. The molecule has 1 saturated heterocycles. The van der Waals surface area contributed by atoms with Gasteiger partial charge in [-0.15, -0.1) is 0 Å². The van der Waals surface area contributed by atoms with Gasteiger partial charge >= 0.3 is 6.09 Å². The molecule has 1 aliphatic rings. The van der Waals surface area contributed by atoms with Gasteiger partial charge in [0.25, 0.3) is 0 Å². The molecule has 0 spiro atoms. The Kier molecular flexibility index (Phi) is 5.10. The lowest BCUT2D eigenvalue weighted by atomic mass is 10.0. The Morgan fingerprint density at radius 1 is 1.50 bits per heavy atom. The van der Waals surface area contributed by atoms with Crippen molar-refractivity contribution in [1.82, 2.24) is 20.2 Å². The highest BCUT2D eigenvalue weighted by atomic mass is 79.9. The van der Waals surface area contributed by atoms with Gasteiger partial charge in [-0.2, -0.15) is 0 Å². The van der Waals surface area contributed by atoms with Gasteiger partial charge in [0.05, 0.1) is 12.2 Å². The SMILES string of the molecule is CC(C)[C@H](NC(=O)O)C(=O)N1[C@@H](C)CC[C@H]1c1ncc(Br)[nH]1. The molecule has 8 heteroatoms. The van der Waals surface area contributed by atoms with Crippen molar-refractivity contribution < 1.29 is 14.7 Å². The fourth-order valence-electron chi connectivity index (χ4n) is 2.91. The Morgan fingerprint density at radius 3 is 2.68 bits per heavy atom. The highest BCUT2D eigenvalue weighted by Crippen LogP contribution is 2.36. The third-order valence-corrected chi connectivity index (χ3v) is 4.42. The summed E-state index contributed by atoms with van der Waals surface area (Å²) in [6.07, 6.45) is 2.16. The Balaban J connectivity index is 2.25. The maximum atomic E-state index is 12.9. The number of aromatic nitrogens is 2. The normalized spacial score (nSPS) is 22.9. The second-order valence-corrected chi connectivity index (χ2v) is 6.83. The van der Waals surface area contributed by atoms with Gasteiger partial charge in [0.15, 0.2) is 0 Å². The number of carbonyl (C=O) groups is 2. The molecule has 1 fully saturated rings. The van der Waals surface area contributed by atoms with Gasteiger partial charge in [-0.1, -0.05) is 13.8 Å². The van der Waals surface area contributed by atoms with Gasteiger partial charge in [0.2, 0.25) is 5.91 Å². The van der Waals surface area contributed by atoms with Crippen molar-refractivity contribution in [3.05, 3.63) is 16.6 Å². The topological polar surface area (TPSA) is 98.3 Å². The highest BCUT2D eigenvalue weighted by molar-refractivity contribution is 9.10. The summed E-state index contributed by atoms with van der Waals surface area (Å²) in [7, 11) is 0. The number of hydrogen-bond donors (Lipinski definition) is 3. The molecule has 0 bridgehead atoms. The molecule has 0 unspecified atom stereocenters. The smallest absolute Gasteiger partial charge is 0.405 e. The van der Waals surface area contributed by atoms with Crippen LogP contribution in [-0.4, -0.2) is 44.1 Å². The van der Waals surface area contributed by atoms with E-state index in [9.17, 15) is 9.59 Å². The lowest BCUT2D eigenvalue weighted by Gasteiger charge is -2.32. The average Bonchev–Trinajstić information content (AvgIpc) is 3.00. The molecular weight excluding hydrogens is 352 g/mol. The lowest BCUT2D eigenvalue weighted by Crippen LogP contribution is -2.52. The number of carboxylic acid groups (broad SMARTS) is 1. The van der Waals surface area contributed by atoms with Gasteiger partial charge in [-0.3, -0.25) is 4.79 Å². The van der Waals surface area contributed by atoms with E-state index in [1.807, 2.05) is 20.8 Å². The zero-order valence-corrected chi connectivity index (χ0v) is 14.4. The minimum absolute atomic E-state index is 0.0539. The molecule has 0 aliphatic carbocycles. The largest absolute Gasteiger partial charge is 0.465 e. The number of amides is 2. The molecule has 2 amide bonds. The number of imidazole rings is 1. The Morgan fingerprint density at radius 2 is 2.18 bits per heavy atom. The standard InChI is InChI=1S/C14H21BrN4O3/c1-7(2)11(18-14(21)22)13(20)19-8(3)4-5-9(19)12-16-6-10(15)17-12/h6-9,11,18H,4-5H2,1-3H3,(H,16,17)(H,21,22)/t8-,9-,11-/m0/s1. The maximum Gasteiger partial charge on any atom is 0.405 e. The van der Waals surface area contributed by atoms with Crippen molar-refractivity contribution in [3.63, 3.8) is 0 Å². The summed E-state index contributed by atoms with van der Waals surface area (Å²) in [5, 5.41) is 11.3. The van der Waals surface area contributed by atoms with Gasteiger partial charge < -0.3 is 20.3 Å².